The second-order valence-electron chi connectivity index (χ2n) is 6.69. The average molecular weight is 338 g/mol. The molecule has 4 nitrogen and oxygen atoms in total. The van der Waals surface area contributed by atoms with Crippen LogP contribution in [-0.2, 0) is 9.59 Å². The van der Waals surface area contributed by atoms with Gasteiger partial charge < -0.3 is 10.2 Å². The first-order chi connectivity index (χ1) is 11.8. The summed E-state index contributed by atoms with van der Waals surface area (Å²) in [5.74, 6) is -0.0534. The number of hydrogen-bond acceptors (Lipinski definition) is 2. The number of nitrogens with zero attached hydrogens (tertiary/aromatic N) is 1. The maximum atomic E-state index is 12.5. The molecule has 2 aromatic rings. The third-order valence-corrected chi connectivity index (χ3v) is 4.18. The molecule has 0 heterocycles. The Balaban J connectivity index is 2.20. The number of nitrogens with one attached hydrogen (secondary N) is 1. The van der Waals surface area contributed by atoms with Crippen molar-refractivity contribution in [1.29, 1.82) is 0 Å². The van der Waals surface area contributed by atoms with Crippen molar-refractivity contribution in [1.82, 2.24) is 0 Å². The molecule has 2 amide bonds. The Morgan fingerprint density at radius 3 is 2.36 bits per heavy atom. The second-order valence-corrected chi connectivity index (χ2v) is 6.69. The van der Waals surface area contributed by atoms with E-state index in [0.717, 1.165) is 28.1 Å². The van der Waals surface area contributed by atoms with E-state index in [9.17, 15) is 9.59 Å². The summed E-state index contributed by atoms with van der Waals surface area (Å²) < 4.78 is 0. The zero-order valence-electron chi connectivity index (χ0n) is 15.6. The van der Waals surface area contributed by atoms with Gasteiger partial charge in [0.25, 0.3) is 0 Å². The Morgan fingerprint density at radius 1 is 1.08 bits per heavy atom. The Bertz CT molecular complexity index is 781. The van der Waals surface area contributed by atoms with Gasteiger partial charge in [0, 0.05) is 18.3 Å². The molecule has 0 spiro atoms. The molecule has 0 fully saturated rings. The Morgan fingerprint density at radius 2 is 1.76 bits per heavy atom. The molecule has 0 aliphatic carbocycles. The fraction of sp³-hybridized carbons (Fsp3) is 0.333. The van der Waals surface area contributed by atoms with E-state index in [1.807, 2.05) is 56.3 Å². The SMILES string of the molecule is CC(=O)N(CC(=O)Nc1ccccc1C(C)C)c1ccc(C)cc1C. The molecule has 1 N–H and O–H groups in total. The van der Waals surface area contributed by atoms with Crippen LogP contribution in [0.25, 0.3) is 0 Å². The zero-order chi connectivity index (χ0) is 18.6. The molecule has 0 aromatic heterocycles. The fourth-order valence-corrected chi connectivity index (χ4v) is 2.92. The highest BCUT2D eigenvalue weighted by Crippen LogP contribution is 2.24. The number of rotatable bonds is 5. The van der Waals surface area contributed by atoms with E-state index >= 15 is 0 Å². The monoisotopic (exact) mass is 338 g/mol. The molecular formula is C21H26N2O2. The van der Waals surface area contributed by atoms with Gasteiger partial charge >= 0.3 is 0 Å². The Labute approximate surface area is 149 Å². The third-order valence-electron chi connectivity index (χ3n) is 4.18. The molecule has 25 heavy (non-hydrogen) atoms. The first-order valence-electron chi connectivity index (χ1n) is 8.53. The number of anilines is 2. The highest BCUT2D eigenvalue weighted by Gasteiger charge is 2.18. The highest BCUT2D eigenvalue weighted by atomic mass is 16.2. The summed E-state index contributed by atoms with van der Waals surface area (Å²) in [6, 6.07) is 13.6. The molecular weight excluding hydrogens is 312 g/mol. The van der Waals surface area contributed by atoms with Crippen molar-refractivity contribution in [3.8, 4) is 0 Å². The third kappa shape index (κ3) is 4.69. The Hall–Kier alpha value is -2.62. The standard InChI is InChI=1S/C21H26N2O2/c1-14(2)18-8-6-7-9-19(18)22-21(25)13-23(17(5)24)20-11-10-15(3)12-16(20)4/h6-12,14H,13H2,1-5H3,(H,22,25). The topological polar surface area (TPSA) is 49.4 Å². The largest absolute Gasteiger partial charge is 0.324 e. The first kappa shape index (κ1) is 18.7. The smallest absolute Gasteiger partial charge is 0.244 e. The Kier molecular flexibility index (Phi) is 5.97. The molecule has 0 saturated carbocycles. The number of carbonyl (C=O) groups excluding carboxylic acids is 2. The van der Waals surface area contributed by atoms with Crippen molar-refractivity contribution in [2.24, 2.45) is 0 Å². The normalized spacial score (nSPS) is 10.6. The molecule has 0 atom stereocenters. The summed E-state index contributed by atoms with van der Waals surface area (Å²) in [4.78, 5) is 26.2. The summed E-state index contributed by atoms with van der Waals surface area (Å²) >= 11 is 0. The molecule has 0 unspecified atom stereocenters. The van der Waals surface area contributed by atoms with Crippen LogP contribution in [0.2, 0.25) is 0 Å². The molecule has 2 aromatic carbocycles. The van der Waals surface area contributed by atoms with Crippen LogP contribution in [0.15, 0.2) is 42.5 Å². The predicted molar refractivity (Wildman–Crippen MR) is 103 cm³/mol. The van der Waals surface area contributed by atoms with Crippen LogP contribution in [0.5, 0.6) is 0 Å². The average Bonchev–Trinajstić information content (AvgIpc) is 2.53. The van der Waals surface area contributed by atoms with Gasteiger partial charge in [0.15, 0.2) is 0 Å². The lowest BCUT2D eigenvalue weighted by atomic mass is 10.0. The highest BCUT2D eigenvalue weighted by molar-refractivity contribution is 6.02. The lowest BCUT2D eigenvalue weighted by Gasteiger charge is -2.23. The van der Waals surface area contributed by atoms with Crippen molar-refractivity contribution < 1.29 is 9.59 Å². The fourth-order valence-electron chi connectivity index (χ4n) is 2.92. The number of para-hydroxylation sites is 1. The molecule has 2 rings (SSSR count). The summed E-state index contributed by atoms with van der Waals surface area (Å²) in [6.07, 6.45) is 0. The molecule has 0 saturated heterocycles. The lowest BCUT2D eigenvalue weighted by Crippen LogP contribution is -2.37. The molecule has 132 valence electrons. The van der Waals surface area contributed by atoms with Crippen LogP contribution >= 0.6 is 0 Å². The van der Waals surface area contributed by atoms with Gasteiger partial charge in [0.1, 0.15) is 6.54 Å². The quantitative estimate of drug-likeness (QED) is 0.877. The number of benzene rings is 2. The number of hydrogen-bond donors (Lipinski definition) is 1. The predicted octanol–water partition coefficient (Wildman–Crippen LogP) is 4.42. The lowest BCUT2D eigenvalue weighted by molar-refractivity contribution is -0.120. The van der Waals surface area contributed by atoms with Crippen molar-refractivity contribution in [2.45, 2.75) is 40.5 Å². The van der Waals surface area contributed by atoms with Gasteiger partial charge in [-0.05, 0) is 43.0 Å². The first-order valence-corrected chi connectivity index (χ1v) is 8.53. The molecule has 0 aliphatic rings. The van der Waals surface area contributed by atoms with Crippen LogP contribution in [0, 0.1) is 13.8 Å². The number of carbonyl (C=O) groups is 2. The van der Waals surface area contributed by atoms with Gasteiger partial charge in [-0.3, -0.25) is 9.59 Å². The van der Waals surface area contributed by atoms with Gasteiger partial charge in [0.2, 0.25) is 11.8 Å². The minimum Gasteiger partial charge on any atom is -0.324 e. The van der Waals surface area contributed by atoms with E-state index in [2.05, 4.69) is 19.2 Å². The second kappa shape index (κ2) is 7.97. The van der Waals surface area contributed by atoms with Crippen molar-refractivity contribution in [3.05, 3.63) is 59.2 Å². The van der Waals surface area contributed by atoms with Crippen LogP contribution in [-0.4, -0.2) is 18.4 Å². The maximum Gasteiger partial charge on any atom is 0.244 e. The summed E-state index contributed by atoms with van der Waals surface area (Å²) in [7, 11) is 0. The zero-order valence-corrected chi connectivity index (χ0v) is 15.6. The van der Waals surface area contributed by atoms with Crippen LogP contribution < -0.4 is 10.2 Å². The van der Waals surface area contributed by atoms with Crippen LogP contribution in [0.4, 0.5) is 11.4 Å². The molecule has 0 bridgehead atoms. The molecule has 4 heteroatoms. The van der Waals surface area contributed by atoms with Gasteiger partial charge in [-0.25, -0.2) is 0 Å². The van der Waals surface area contributed by atoms with Gasteiger partial charge in [-0.15, -0.1) is 0 Å². The van der Waals surface area contributed by atoms with E-state index in [1.165, 1.54) is 11.8 Å². The summed E-state index contributed by atoms with van der Waals surface area (Å²) in [6.45, 7) is 9.60. The minimum atomic E-state index is -0.205. The van der Waals surface area contributed by atoms with Gasteiger partial charge in [-0.2, -0.15) is 0 Å². The summed E-state index contributed by atoms with van der Waals surface area (Å²) in [5, 5.41) is 2.94. The van der Waals surface area contributed by atoms with Crippen molar-refractivity contribution in [3.63, 3.8) is 0 Å². The van der Waals surface area contributed by atoms with Gasteiger partial charge in [0.05, 0.1) is 0 Å². The van der Waals surface area contributed by atoms with Crippen LogP contribution in [0.1, 0.15) is 43.4 Å². The van der Waals surface area contributed by atoms with E-state index in [0.29, 0.717) is 5.92 Å². The number of amides is 2. The van der Waals surface area contributed by atoms with Crippen molar-refractivity contribution >= 4 is 23.2 Å². The van der Waals surface area contributed by atoms with Crippen molar-refractivity contribution in [2.75, 3.05) is 16.8 Å². The minimum absolute atomic E-state index is 0.00827. The van der Waals surface area contributed by atoms with E-state index in [-0.39, 0.29) is 18.4 Å². The maximum absolute atomic E-state index is 12.5. The molecule has 0 radical (unpaired) electrons. The van der Waals surface area contributed by atoms with E-state index < -0.39 is 0 Å². The van der Waals surface area contributed by atoms with E-state index in [4.69, 9.17) is 0 Å². The summed E-state index contributed by atoms with van der Waals surface area (Å²) in [5.41, 5.74) is 4.75. The number of aryl methyl sites for hydroxylation is 2. The van der Waals surface area contributed by atoms with Gasteiger partial charge in [-0.1, -0.05) is 49.7 Å². The van der Waals surface area contributed by atoms with Crippen LogP contribution in [0.3, 0.4) is 0 Å². The molecule has 0 aliphatic heterocycles. The van der Waals surface area contributed by atoms with E-state index in [1.54, 1.807) is 0 Å².